The molecule has 0 bridgehead atoms. The predicted octanol–water partition coefficient (Wildman–Crippen LogP) is 1.42. The van der Waals surface area contributed by atoms with Gasteiger partial charge in [-0.05, 0) is 30.9 Å². The summed E-state index contributed by atoms with van der Waals surface area (Å²) >= 11 is 0. The van der Waals surface area contributed by atoms with E-state index in [1.165, 1.54) is 6.42 Å². The van der Waals surface area contributed by atoms with E-state index in [2.05, 4.69) is 18.9 Å². The number of benzene rings is 1. The highest BCUT2D eigenvalue weighted by Gasteiger charge is 2.35. The van der Waals surface area contributed by atoms with Crippen LogP contribution in [0.5, 0.6) is 0 Å². The molecule has 18 heavy (non-hydrogen) atoms. The van der Waals surface area contributed by atoms with Gasteiger partial charge in [0, 0.05) is 13.1 Å². The van der Waals surface area contributed by atoms with E-state index >= 15 is 0 Å². The van der Waals surface area contributed by atoms with Crippen LogP contribution < -0.4 is 5.73 Å². The summed E-state index contributed by atoms with van der Waals surface area (Å²) in [5.74, 6) is 1.67. The molecule has 0 radical (unpaired) electrons. The molecule has 0 aliphatic heterocycles. The Balaban J connectivity index is 1.99. The summed E-state index contributed by atoms with van der Waals surface area (Å²) in [7, 11) is 2.09. The molecule has 3 nitrogen and oxygen atoms in total. The molecule has 0 spiro atoms. The molecule has 0 saturated heterocycles. The van der Waals surface area contributed by atoms with Gasteiger partial charge >= 0.3 is 0 Å². The third-order valence-corrected chi connectivity index (χ3v) is 4.01. The van der Waals surface area contributed by atoms with Crippen LogP contribution in [0.4, 0.5) is 0 Å². The maximum Gasteiger partial charge on any atom is 0.0772 e. The van der Waals surface area contributed by atoms with Crippen LogP contribution in [-0.4, -0.2) is 36.8 Å². The van der Waals surface area contributed by atoms with Gasteiger partial charge in [0.2, 0.25) is 0 Å². The van der Waals surface area contributed by atoms with Crippen LogP contribution in [0.2, 0.25) is 0 Å². The normalized spacial score (nSPS) is 26.1. The SMILES string of the molecule is CC1CC1CN(C)CC(N)(CO)c1ccccc1. The van der Waals surface area contributed by atoms with E-state index in [1.807, 2.05) is 30.3 Å². The monoisotopic (exact) mass is 248 g/mol. The first-order chi connectivity index (χ1) is 8.55. The first-order valence-electron chi connectivity index (χ1n) is 6.69. The number of likely N-dealkylation sites (N-methyl/N-ethyl adjacent to an activating group) is 1. The molecule has 2 rings (SSSR count). The molecule has 1 fully saturated rings. The minimum atomic E-state index is -0.659. The smallest absolute Gasteiger partial charge is 0.0772 e. The van der Waals surface area contributed by atoms with Crippen LogP contribution in [0.15, 0.2) is 30.3 Å². The zero-order chi connectivity index (χ0) is 13.2. The quantitative estimate of drug-likeness (QED) is 0.800. The molecule has 1 aliphatic carbocycles. The van der Waals surface area contributed by atoms with Crippen molar-refractivity contribution >= 4 is 0 Å². The van der Waals surface area contributed by atoms with Crippen molar-refractivity contribution < 1.29 is 5.11 Å². The minimum Gasteiger partial charge on any atom is -0.394 e. The van der Waals surface area contributed by atoms with Crippen LogP contribution in [0.1, 0.15) is 18.9 Å². The van der Waals surface area contributed by atoms with E-state index < -0.39 is 5.54 Å². The van der Waals surface area contributed by atoms with Crippen molar-refractivity contribution in [3.63, 3.8) is 0 Å². The summed E-state index contributed by atoms with van der Waals surface area (Å²) in [6, 6.07) is 9.88. The van der Waals surface area contributed by atoms with Crippen molar-refractivity contribution in [1.29, 1.82) is 0 Å². The van der Waals surface area contributed by atoms with Gasteiger partial charge in [-0.15, -0.1) is 0 Å². The van der Waals surface area contributed by atoms with Crippen molar-refractivity contribution in [2.75, 3.05) is 26.7 Å². The van der Waals surface area contributed by atoms with Gasteiger partial charge in [-0.25, -0.2) is 0 Å². The van der Waals surface area contributed by atoms with Crippen molar-refractivity contribution in [2.45, 2.75) is 18.9 Å². The van der Waals surface area contributed by atoms with Crippen LogP contribution >= 0.6 is 0 Å². The first-order valence-corrected chi connectivity index (χ1v) is 6.69. The first kappa shape index (κ1) is 13.5. The molecule has 3 N–H and O–H groups in total. The van der Waals surface area contributed by atoms with Crippen molar-refractivity contribution in [3.8, 4) is 0 Å². The van der Waals surface area contributed by atoms with Crippen LogP contribution in [0.25, 0.3) is 0 Å². The highest BCUT2D eigenvalue weighted by Crippen LogP contribution is 2.38. The molecule has 1 aliphatic rings. The summed E-state index contributed by atoms with van der Waals surface area (Å²) < 4.78 is 0. The van der Waals surface area contributed by atoms with Gasteiger partial charge in [0.05, 0.1) is 12.1 Å². The average Bonchev–Trinajstić information content (AvgIpc) is 3.05. The highest BCUT2D eigenvalue weighted by molar-refractivity contribution is 5.24. The zero-order valence-electron chi connectivity index (χ0n) is 11.3. The lowest BCUT2D eigenvalue weighted by molar-refractivity contribution is 0.147. The van der Waals surface area contributed by atoms with Gasteiger partial charge in [0.25, 0.3) is 0 Å². The van der Waals surface area contributed by atoms with Crippen molar-refractivity contribution in [2.24, 2.45) is 17.6 Å². The number of hydrogen-bond acceptors (Lipinski definition) is 3. The lowest BCUT2D eigenvalue weighted by Crippen LogP contribution is -2.49. The van der Waals surface area contributed by atoms with Crippen molar-refractivity contribution in [3.05, 3.63) is 35.9 Å². The summed E-state index contributed by atoms with van der Waals surface area (Å²) in [6.45, 7) is 4.03. The number of aliphatic hydroxyl groups excluding tert-OH is 1. The molecule has 1 saturated carbocycles. The van der Waals surface area contributed by atoms with E-state index in [0.29, 0.717) is 6.54 Å². The Labute approximate surface area is 110 Å². The largest absolute Gasteiger partial charge is 0.394 e. The zero-order valence-corrected chi connectivity index (χ0v) is 11.3. The summed E-state index contributed by atoms with van der Waals surface area (Å²) in [5.41, 5.74) is 6.70. The highest BCUT2D eigenvalue weighted by atomic mass is 16.3. The molecule has 1 aromatic rings. The second-order valence-electron chi connectivity index (χ2n) is 5.85. The number of rotatable bonds is 6. The molecule has 0 aromatic heterocycles. The molecular weight excluding hydrogens is 224 g/mol. The molecule has 1 aromatic carbocycles. The van der Waals surface area contributed by atoms with E-state index in [1.54, 1.807) is 0 Å². The van der Waals surface area contributed by atoms with Gasteiger partial charge in [-0.2, -0.15) is 0 Å². The molecule has 0 amide bonds. The van der Waals surface area contributed by atoms with Crippen LogP contribution in [0, 0.1) is 11.8 Å². The van der Waals surface area contributed by atoms with Crippen LogP contribution in [-0.2, 0) is 5.54 Å². The van der Waals surface area contributed by atoms with Gasteiger partial charge in [-0.1, -0.05) is 37.3 Å². The van der Waals surface area contributed by atoms with Gasteiger partial charge in [0.15, 0.2) is 0 Å². The molecule has 0 heterocycles. The Bertz CT molecular complexity index is 381. The molecule has 3 atom stereocenters. The van der Waals surface area contributed by atoms with Gasteiger partial charge < -0.3 is 15.7 Å². The van der Waals surface area contributed by atoms with E-state index in [9.17, 15) is 5.11 Å². The third kappa shape index (κ3) is 3.10. The molecule has 100 valence electrons. The number of hydrogen-bond donors (Lipinski definition) is 2. The maximum absolute atomic E-state index is 9.64. The summed E-state index contributed by atoms with van der Waals surface area (Å²) in [6.07, 6.45) is 1.33. The second-order valence-corrected chi connectivity index (χ2v) is 5.85. The fraction of sp³-hybridized carbons (Fsp3) is 0.600. The lowest BCUT2D eigenvalue weighted by Gasteiger charge is -2.32. The van der Waals surface area contributed by atoms with E-state index in [-0.39, 0.29) is 6.61 Å². The van der Waals surface area contributed by atoms with Crippen LogP contribution in [0.3, 0.4) is 0 Å². The minimum absolute atomic E-state index is 0.0262. The standard InChI is InChI=1S/C15H24N2O/c1-12-8-13(12)9-17(2)10-15(16,11-18)14-6-4-3-5-7-14/h3-7,12-13,18H,8-11,16H2,1-2H3. The molecular formula is C15H24N2O. The topological polar surface area (TPSA) is 49.5 Å². The van der Waals surface area contributed by atoms with Gasteiger partial charge in [0.1, 0.15) is 0 Å². The van der Waals surface area contributed by atoms with E-state index in [4.69, 9.17) is 5.73 Å². The Morgan fingerprint density at radius 1 is 1.39 bits per heavy atom. The summed E-state index contributed by atoms with van der Waals surface area (Å²) in [4.78, 5) is 2.25. The fourth-order valence-electron chi connectivity index (χ4n) is 2.60. The Morgan fingerprint density at radius 2 is 2.00 bits per heavy atom. The Kier molecular flexibility index (Phi) is 4.05. The van der Waals surface area contributed by atoms with Gasteiger partial charge in [-0.3, -0.25) is 0 Å². The predicted molar refractivity (Wildman–Crippen MR) is 74.2 cm³/mol. The third-order valence-electron chi connectivity index (χ3n) is 4.01. The van der Waals surface area contributed by atoms with Crippen molar-refractivity contribution in [1.82, 2.24) is 4.90 Å². The fourth-order valence-corrected chi connectivity index (χ4v) is 2.60. The Hall–Kier alpha value is -0.900. The van der Waals surface area contributed by atoms with E-state index in [0.717, 1.165) is 23.9 Å². The molecule has 3 unspecified atom stereocenters. The second kappa shape index (κ2) is 5.39. The average molecular weight is 248 g/mol. The summed E-state index contributed by atoms with van der Waals surface area (Å²) in [5, 5.41) is 9.64. The Morgan fingerprint density at radius 3 is 2.50 bits per heavy atom. The number of nitrogens with two attached hydrogens (primary N) is 1. The lowest BCUT2D eigenvalue weighted by atomic mass is 9.91. The maximum atomic E-state index is 9.64. The molecule has 3 heteroatoms. The number of aliphatic hydroxyl groups is 1. The number of nitrogens with zero attached hydrogens (tertiary/aromatic N) is 1.